The van der Waals surface area contributed by atoms with Gasteiger partial charge in [0.15, 0.2) is 11.4 Å². The number of halogens is 1. The van der Waals surface area contributed by atoms with Gasteiger partial charge in [0.05, 0.1) is 23.8 Å². The van der Waals surface area contributed by atoms with Crippen molar-refractivity contribution in [2.45, 2.75) is 6.92 Å². The van der Waals surface area contributed by atoms with Crippen molar-refractivity contribution in [3.63, 3.8) is 0 Å². The molecular weight excluding hydrogens is 406 g/mol. The number of nitrogens with zero attached hydrogens (tertiary/aromatic N) is 4. The summed E-state index contributed by atoms with van der Waals surface area (Å²) in [5.74, 6) is 0.740. The molecule has 0 saturated heterocycles. The maximum absolute atomic E-state index is 12.4. The Bertz CT molecular complexity index is 1130. The number of carbonyl (C=O) groups excluding carboxylic acids is 1. The average molecular weight is 426 g/mol. The molecule has 10 heteroatoms. The van der Waals surface area contributed by atoms with E-state index in [9.17, 15) is 4.79 Å². The first-order valence-corrected chi connectivity index (χ1v) is 9.43. The van der Waals surface area contributed by atoms with Crippen LogP contribution in [0.15, 0.2) is 47.9 Å². The summed E-state index contributed by atoms with van der Waals surface area (Å²) in [6.07, 6.45) is 5.94. The molecule has 9 nitrogen and oxygen atoms in total. The van der Waals surface area contributed by atoms with Crippen LogP contribution in [0.5, 0.6) is 11.5 Å². The van der Waals surface area contributed by atoms with Crippen molar-refractivity contribution in [1.29, 1.82) is 0 Å². The maximum Gasteiger partial charge on any atom is 0.255 e. The fraction of sp³-hybridized carbons (Fsp3) is 0.150. The van der Waals surface area contributed by atoms with Crippen molar-refractivity contribution in [1.82, 2.24) is 25.6 Å². The Kier molecular flexibility index (Phi) is 6.76. The number of likely N-dealkylation sites (N-methyl/N-ethyl adjacent to an activating group) is 1. The van der Waals surface area contributed by atoms with Crippen LogP contribution in [0.4, 0.5) is 5.82 Å². The van der Waals surface area contributed by atoms with E-state index >= 15 is 0 Å². The molecule has 3 rings (SSSR count). The lowest BCUT2D eigenvalue weighted by molar-refractivity contribution is -0.115. The molecule has 0 radical (unpaired) electrons. The Labute approximate surface area is 178 Å². The van der Waals surface area contributed by atoms with Gasteiger partial charge in [-0.25, -0.2) is 19.9 Å². The molecule has 0 unspecified atom stereocenters. The zero-order valence-corrected chi connectivity index (χ0v) is 17.1. The van der Waals surface area contributed by atoms with Crippen LogP contribution in [0.1, 0.15) is 12.6 Å². The molecule has 1 amide bonds. The number of aliphatic imine (C=N–C) groups is 1. The maximum atomic E-state index is 12.4. The van der Waals surface area contributed by atoms with E-state index in [0.717, 1.165) is 5.39 Å². The van der Waals surface area contributed by atoms with Crippen molar-refractivity contribution >= 4 is 46.3 Å². The largest absolute Gasteiger partial charge is 0.454 e. The second kappa shape index (κ2) is 9.66. The first-order valence-electron chi connectivity index (χ1n) is 9.05. The molecule has 3 aromatic rings. The molecule has 3 heterocycles. The van der Waals surface area contributed by atoms with E-state index < -0.39 is 0 Å². The molecular formula is C20H20ClN7O2. The van der Waals surface area contributed by atoms with Crippen LogP contribution in [0.2, 0.25) is 5.02 Å². The van der Waals surface area contributed by atoms with Crippen LogP contribution in [0, 0.1) is 0 Å². The van der Waals surface area contributed by atoms with E-state index in [0.29, 0.717) is 35.0 Å². The van der Waals surface area contributed by atoms with Crippen molar-refractivity contribution in [3.05, 3.63) is 53.6 Å². The number of carbonyl (C=O) groups is 1. The molecule has 0 fully saturated rings. The van der Waals surface area contributed by atoms with E-state index in [1.54, 1.807) is 31.3 Å². The van der Waals surface area contributed by atoms with Gasteiger partial charge in [-0.15, -0.1) is 0 Å². The lowest BCUT2D eigenvalue weighted by atomic mass is 10.1. The van der Waals surface area contributed by atoms with Crippen molar-refractivity contribution in [3.8, 4) is 11.5 Å². The number of nitrogen functional groups attached to an aromatic ring is 1. The highest BCUT2D eigenvalue weighted by Crippen LogP contribution is 2.32. The number of nitrogens with one attached hydrogen (secondary N) is 2. The van der Waals surface area contributed by atoms with E-state index in [1.165, 1.54) is 24.9 Å². The smallest absolute Gasteiger partial charge is 0.255 e. The second-order valence-corrected chi connectivity index (χ2v) is 6.37. The lowest BCUT2D eigenvalue weighted by Crippen LogP contribution is -2.24. The first kappa shape index (κ1) is 21.0. The number of amides is 1. The summed E-state index contributed by atoms with van der Waals surface area (Å²) in [4.78, 5) is 29.2. The Balaban J connectivity index is 1.93. The number of pyridine rings is 3. The number of ether oxygens (including phenoxy) is 1. The van der Waals surface area contributed by atoms with Gasteiger partial charge in [0.1, 0.15) is 16.6 Å². The molecule has 3 aromatic heterocycles. The van der Waals surface area contributed by atoms with Gasteiger partial charge in [-0.05, 0) is 25.1 Å². The molecule has 0 atom stereocenters. The van der Waals surface area contributed by atoms with Crippen molar-refractivity contribution in [2.75, 3.05) is 19.3 Å². The molecule has 0 aliphatic rings. The zero-order valence-electron chi connectivity index (χ0n) is 16.4. The van der Waals surface area contributed by atoms with Crippen LogP contribution in [0.25, 0.3) is 16.6 Å². The van der Waals surface area contributed by atoms with Crippen molar-refractivity contribution < 1.29 is 9.53 Å². The van der Waals surface area contributed by atoms with Gasteiger partial charge in [0, 0.05) is 37.4 Å². The highest BCUT2D eigenvalue weighted by atomic mass is 35.5. The van der Waals surface area contributed by atoms with Gasteiger partial charge in [-0.3, -0.25) is 4.79 Å². The van der Waals surface area contributed by atoms with Gasteiger partial charge < -0.3 is 21.1 Å². The Morgan fingerprint density at radius 2 is 2.17 bits per heavy atom. The fourth-order valence-electron chi connectivity index (χ4n) is 2.53. The summed E-state index contributed by atoms with van der Waals surface area (Å²) in [5.41, 5.74) is 6.93. The van der Waals surface area contributed by atoms with E-state index in [1.807, 2.05) is 6.92 Å². The van der Waals surface area contributed by atoms with Crippen LogP contribution in [0.3, 0.4) is 0 Å². The van der Waals surface area contributed by atoms with Gasteiger partial charge in [0.2, 0.25) is 0 Å². The van der Waals surface area contributed by atoms with E-state index in [4.69, 9.17) is 22.1 Å². The van der Waals surface area contributed by atoms with Crippen LogP contribution >= 0.6 is 11.6 Å². The average Bonchev–Trinajstić information content (AvgIpc) is 2.74. The lowest BCUT2D eigenvalue weighted by Gasteiger charge is -2.10. The monoisotopic (exact) mass is 425 g/mol. The van der Waals surface area contributed by atoms with Gasteiger partial charge in [0.25, 0.3) is 5.91 Å². The minimum atomic E-state index is -0.275. The predicted octanol–water partition coefficient (Wildman–Crippen LogP) is 2.78. The number of hydrogen-bond acceptors (Lipinski definition) is 7. The molecule has 0 bridgehead atoms. The molecule has 30 heavy (non-hydrogen) atoms. The predicted molar refractivity (Wildman–Crippen MR) is 117 cm³/mol. The molecule has 0 aliphatic heterocycles. The number of aromatic nitrogens is 3. The normalized spacial score (nSPS) is 11.6. The summed E-state index contributed by atoms with van der Waals surface area (Å²) < 4.78 is 5.77. The quantitative estimate of drug-likeness (QED) is 0.301. The highest BCUT2D eigenvalue weighted by molar-refractivity contribution is 6.34. The third-order valence-corrected chi connectivity index (χ3v) is 4.27. The SMILES string of the molecule is CCNC(=O)/C(=C\N=C/NC)c1ccc2cc(Oc3ccnc(N)c3Cl)cnc2n1. The van der Waals surface area contributed by atoms with Gasteiger partial charge in [-0.1, -0.05) is 11.6 Å². The third-order valence-electron chi connectivity index (χ3n) is 3.89. The zero-order chi connectivity index (χ0) is 21.5. The van der Waals surface area contributed by atoms with Crippen LogP contribution in [-0.4, -0.2) is 40.8 Å². The molecule has 154 valence electrons. The van der Waals surface area contributed by atoms with E-state index in [2.05, 4.69) is 30.6 Å². The number of hydrogen-bond donors (Lipinski definition) is 3. The minimum absolute atomic E-state index is 0.180. The standard InChI is InChI=1S/C20H20ClN7O2/c1-3-25-20(29)14(10-24-11-23-2)15-5-4-12-8-13(9-27-19(12)28-15)30-16-6-7-26-18(22)17(16)21/h4-11H,3H2,1-2H3,(H2,22,26)(H,23,24)(H,25,29)/b14-10-. The first-order chi connectivity index (χ1) is 14.5. The molecule has 0 aromatic carbocycles. The molecule has 4 N–H and O–H groups in total. The Morgan fingerprint density at radius 1 is 1.33 bits per heavy atom. The number of rotatable bonds is 7. The van der Waals surface area contributed by atoms with Gasteiger partial charge in [-0.2, -0.15) is 0 Å². The summed E-state index contributed by atoms with van der Waals surface area (Å²) in [6.45, 7) is 2.33. The molecule has 0 spiro atoms. The second-order valence-electron chi connectivity index (χ2n) is 5.99. The number of fused-ring (bicyclic) bond motifs is 1. The highest BCUT2D eigenvalue weighted by Gasteiger charge is 2.14. The fourth-order valence-corrected chi connectivity index (χ4v) is 2.68. The summed E-state index contributed by atoms with van der Waals surface area (Å²) in [6, 6.07) is 6.90. The Morgan fingerprint density at radius 3 is 2.93 bits per heavy atom. The van der Waals surface area contributed by atoms with Gasteiger partial charge >= 0.3 is 0 Å². The molecule has 0 aliphatic carbocycles. The Hall–Kier alpha value is -3.72. The molecule has 0 saturated carbocycles. The minimum Gasteiger partial charge on any atom is -0.454 e. The van der Waals surface area contributed by atoms with Crippen LogP contribution in [-0.2, 0) is 4.79 Å². The summed E-state index contributed by atoms with van der Waals surface area (Å²) in [7, 11) is 1.72. The number of anilines is 1. The van der Waals surface area contributed by atoms with Crippen molar-refractivity contribution in [2.24, 2.45) is 4.99 Å². The van der Waals surface area contributed by atoms with E-state index in [-0.39, 0.29) is 16.7 Å². The summed E-state index contributed by atoms with van der Waals surface area (Å²) in [5, 5.41) is 6.48. The third kappa shape index (κ3) is 4.81. The number of nitrogens with two attached hydrogens (primary N) is 1. The van der Waals surface area contributed by atoms with Crippen LogP contribution < -0.4 is 21.1 Å². The topological polar surface area (TPSA) is 127 Å². The summed E-state index contributed by atoms with van der Waals surface area (Å²) >= 11 is 6.12.